The molecule has 2 rings (SSSR count). The first kappa shape index (κ1) is 19.8. The molecular formula is C16H17ClO9. The van der Waals surface area contributed by atoms with Gasteiger partial charge in [-0.05, 0) is 24.3 Å². The zero-order valence-electron chi connectivity index (χ0n) is 13.7. The lowest BCUT2D eigenvalue weighted by molar-refractivity contribution is -0.273. The maximum absolute atomic E-state index is 10.9. The molecule has 0 aromatic heterocycles. The van der Waals surface area contributed by atoms with Crippen LogP contribution in [0.3, 0.4) is 0 Å². The Morgan fingerprint density at radius 2 is 1.46 bits per heavy atom. The molecule has 5 atom stereocenters. The summed E-state index contributed by atoms with van der Waals surface area (Å²) in [6.45, 7) is 0.462. The third-order valence-corrected chi connectivity index (χ3v) is 4.00. The molecule has 1 aliphatic rings. The lowest BCUT2D eigenvalue weighted by atomic mass is 9.99. The van der Waals surface area contributed by atoms with Gasteiger partial charge in [0.2, 0.25) is 12.4 Å². The second-order valence-electron chi connectivity index (χ2n) is 5.08. The minimum absolute atomic E-state index is 0.0898. The number of methoxy groups -OCH3 is 1. The highest BCUT2D eigenvalue weighted by Crippen LogP contribution is 2.30. The first-order valence-corrected chi connectivity index (χ1v) is 8.01. The van der Waals surface area contributed by atoms with Gasteiger partial charge >= 0.3 is 0 Å². The zero-order valence-corrected chi connectivity index (χ0v) is 14.4. The monoisotopic (exact) mass is 388 g/mol. The number of halogens is 1. The molecule has 9 nitrogen and oxygen atoms in total. The lowest BCUT2D eigenvalue weighted by Crippen LogP contribution is -2.62. The van der Waals surface area contributed by atoms with Gasteiger partial charge in [-0.3, -0.25) is 14.4 Å². The Labute approximate surface area is 154 Å². The Kier molecular flexibility index (Phi) is 7.49. The predicted octanol–water partition coefficient (Wildman–Crippen LogP) is 0.662. The zero-order chi connectivity index (χ0) is 18.9. The van der Waals surface area contributed by atoms with Crippen molar-refractivity contribution in [2.24, 2.45) is 0 Å². The van der Waals surface area contributed by atoms with Crippen LogP contribution in [0.25, 0.3) is 0 Å². The number of hydrogen-bond acceptors (Lipinski definition) is 9. The molecule has 1 aromatic rings. The van der Waals surface area contributed by atoms with E-state index in [1.807, 2.05) is 0 Å². The fourth-order valence-corrected chi connectivity index (χ4v) is 2.79. The molecule has 1 aliphatic heterocycles. The van der Waals surface area contributed by atoms with Crippen LogP contribution in [-0.4, -0.2) is 63.1 Å². The molecule has 0 bridgehead atoms. The van der Waals surface area contributed by atoms with Crippen LogP contribution >= 0.6 is 11.6 Å². The van der Waals surface area contributed by atoms with Crippen molar-refractivity contribution >= 4 is 31.0 Å². The summed E-state index contributed by atoms with van der Waals surface area (Å²) in [5.41, 5.74) is 0. The van der Waals surface area contributed by atoms with Crippen molar-refractivity contribution in [3.8, 4) is 11.5 Å². The van der Waals surface area contributed by atoms with Gasteiger partial charge in [0.15, 0.2) is 12.2 Å². The van der Waals surface area contributed by atoms with Crippen molar-refractivity contribution in [1.82, 2.24) is 0 Å². The van der Waals surface area contributed by atoms with Gasteiger partial charge in [-0.25, -0.2) is 0 Å². The van der Waals surface area contributed by atoms with Gasteiger partial charge < -0.3 is 28.4 Å². The van der Waals surface area contributed by atoms with Crippen LogP contribution in [0.15, 0.2) is 24.3 Å². The van der Waals surface area contributed by atoms with Crippen LogP contribution < -0.4 is 9.47 Å². The normalized spacial score (nSPS) is 27.7. The third kappa shape index (κ3) is 4.55. The molecule has 0 radical (unpaired) electrons. The van der Waals surface area contributed by atoms with E-state index in [1.54, 1.807) is 24.3 Å². The molecule has 0 saturated carbocycles. The quantitative estimate of drug-likeness (QED) is 0.324. The minimum atomic E-state index is -1.19. The number of carbonyl (C=O) groups is 3. The number of hydrogen-bond donors (Lipinski definition) is 0. The topological polar surface area (TPSA) is 107 Å². The maximum atomic E-state index is 10.9. The van der Waals surface area contributed by atoms with E-state index in [0.29, 0.717) is 11.5 Å². The molecular weight excluding hydrogens is 372 g/mol. The number of benzene rings is 1. The largest absolute Gasteiger partial charge is 0.497 e. The molecule has 0 amide bonds. The van der Waals surface area contributed by atoms with Crippen molar-refractivity contribution in [1.29, 1.82) is 0 Å². The summed E-state index contributed by atoms with van der Waals surface area (Å²) in [5.74, 6) is 0.902. The number of ether oxygens (including phenoxy) is 6. The van der Waals surface area contributed by atoms with E-state index in [1.165, 1.54) is 7.11 Å². The second kappa shape index (κ2) is 9.83. The molecule has 1 saturated heterocycles. The molecule has 10 heteroatoms. The molecule has 1 fully saturated rings. The summed E-state index contributed by atoms with van der Waals surface area (Å²) >= 11 is 5.86. The van der Waals surface area contributed by atoms with Gasteiger partial charge in [0.25, 0.3) is 19.4 Å². The summed E-state index contributed by atoms with van der Waals surface area (Å²) in [5, 5.41) is 0. The van der Waals surface area contributed by atoms with E-state index in [9.17, 15) is 14.4 Å². The predicted molar refractivity (Wildman–Crippen MR) is 85.8 cm³/mol. The van der Waals surface area contributed by atoms with E-state index in [0.717, 1.165) is 0 Å². The molecule has 0 unspecified atom stereocenters. The molecule has 26 heavy (non-hydrogen) atoms. The first-order valence-electron chi connectivity index (χ1n) is 7.48. The van der Waals surface area contributed by atoms with E-state index in [-0.39, 0.29) is 25.3 Å². The summed E-state index contributed by atoms with van der Waals surface area (Å²) in [4.78, 5) is 32.5. The average molecular weight is 389 g/mol. The fraction of sp³-hybridized carbons (Fsp3) is 0.438. The lowest BCUT2D eigenvalue weighted by Gasteiger charge is -2.42. The third-order valence-electron chi connectivity index (χ3n) is 3.69. The Hall–Kier alpha value is -2.52. The smallest absolute Gasteiger partial charge is 0.293 e. The Bertz CT molecular complexity index is 594. The summed E-state index contributed by atoms with van der Waals surface area (Å²) in [6, 6.07) is 6.54. The Morgan fingerprint density at radius 1 is 0.923 bits per heavy atom. The van der Waals surface area contributed by atoms with Crippen LogP contribution in [0.4, 0.5) is 0 Å². The standard InChI is InChI=1S/C16H17ClO9/c1-21-10-2-4-11(5-3-10)25-16-15(24-9-20)14(23-8-19)13(22-7-18)12(6-17)26-16/h2-5,7-9,12-16H,6H2,1H3/t12-,13-,14+,15-,16-/m1/s1. The highest BCUT2D eigenvalue weighted by atomic mass is 35.5. The minimum Gasteiger partial charge on any atom is -0.497 e. The SMILES string of the molecule is COc1ccc(O[C@@H]2O[C@H](CCl)[C@@H](OC=O)[C@H](OC=O)[C@H]2OC=O)cc1. The van der Waals surface area contributed by atoms with Gasteiger partial charge in [-0.15, -0.1) is 11.6 Å². The Balaban J connectivity index is 2.27. The van der Waals surface area contributed by atoms with E-state index in [2.05, 4.69) is 0 Å². The highest BCUT2D eigenvalue weighted by Gasteiger charge is 2.51. The summed E-state index contributed by atoms with van der Waals surface area (Å²) in [7, 11) is 1.52. The summed E-state index contributed by atoms with van der Waals surface area (Å²) < 4.78 is 31.3. The molecule has 0 aliphatic carbocycles. The van der Waals surface area contributed by atoms with Gasteiger partial charge in [0, 0.05) is 0 Å². The van der Waals surface area contributed by atoms with Crippen LogP contribution in [0, 0.1) is 0 Å². The first-order chi connectivity index (χ1) is 12.7. The van der Waals surface area contributed by atoms with Crippen LogP contribution in [-0.2, 0) is 33.3 Å². The van der Waals surface area contributed by atoms with Crippen LogP contribution in [0.5, 0.6) is 11.5 Å². The van der Waals surface area contributed by atoms with Crippen LogP contribution in [0.2, 0.25) is 0 Å². The summed E-state index contributed by atoms with van der Waals surface area (Å²) in [6.07, 6.45) is -5.45. The number of alkyl halides is 1. The number of rotatable bonds is 10. The maximum Gasteiger partial charge on any atom is 0.293 e. The van der Waals surface area contributed by atoms with E-state index >= 15 is 0 Å². The molecule has 1 heterocycles. The molecule has 1 aromatic carbocycles. The van der Waals surface area contributed by atoms with Crippen molar-refractivity contribution in [2.75, 3.05) is 13.0 Å². The van der Waals surface area contributed by atoms with Gasteiger partial charge in [0.1, 0.15) is 17.6 Å². The van der Waals surface area contributed by atoms with Crippen molar-refractivity contribution in [3.63, 3.8) is 0 Å². The van der Waals surface area contributed by atoms with Gasteiger partial charge in [0.05, 0.1) is 13.0 Å². The van der Waals surface area contributed by atoms with Gasteiger partial charge in [-0.1, -0.05) is 0 Å². The number of carbonyl (C=O) groups excluding carboxylic acids is 3. The molecule has 142 valence electrons. The van der Waals surface area contributed by atoms with Crippen molar-refractivity contribution in [2.45, 2.75) is 30.7 Å². The van der Waals surface area contributed by atoms with E-state index in [4.69, 9.17) is 40.0 Å². The Morgan fingerprint density at radius 3 is 2.00 bits per heavy atom. The highest BCUT2D eigenvalue weighted by molar-refractivity contribution is 6.18. The van der Waals surface area contributed by atoms with Gasteiger partial charge in [-0.2, -0.15) is 0 Å². The molecule has 0 spiro atoms. The second-order valence-corrected chi connectivity index (χ2v) is 5.39. The fourth-order valence-electron chi connectivity index (χ4n) is 2.54. The van der Waals surface area contributed by atoms with Crippen molar-refractivity contribution in [3.05, 3.63) is 24.3 Å². The average Bonchev–Trinajstić information content (AvgIpc) is 2.66. The molecule has 0 N–H and O–H groups in total. The van der Waals surface area contributed by atoms with Crippen molar-refractivity contribution < 1.29 is 42.8 Å². The van der Waals surface area contributed by atoms with E-state index < -0.39 is 30.7 Å². The van der Waals surface area contributed by atoms with Crippen LogP contribution in [0.1, 0.15) is 0 Å².